The van der Waals surface area contributed by atoms with Gasteiger partial charge in [-0.25, -0.2) is 0 Å². The van der Waals surface area contributed by atoms with Crippen LogP contribution in [0.1, 0.15) is 0 Å². The van der Waals surface area contributed by atoms with Crippen LogP contribution >= 0.6 is 22.6 Å². The lowest BCUT2D eigenvalue weighted by Gasteiger charge is -1.94. The molecule has 1 saturated heterocycles. The summed E-state index contributed by atoms with van der Waals surface area (Å²) in [6.07, 6.45) is 0. The third-order valence-corrected chi connectivity index (χ3v) is 3.46. The van der Waals surface area contributed by atoms with Crippen LogP contribution in [0, 0.1) is 11.8 Å². The Bertz CT molecular complexity index is 145. The number of cyclic esters (lactones) is 1. The Labute approximate surface area is 60.7 Å². The van der Waals surface area contributed by atoms with E-state index in [0.29, 0.717) is 16.4 Å². The van der Waals surface area contributed by atoms with Crippen molar-refractivity contribution in [2.24, 2.45) is 11.8 Å². The summed E-state index contributed by atoms with van der Waals surface area (Å²) in [5.74, 6) is 0.869. The van der Waals surface area contributed by atoms with Crippen LogP contribution in [0.4, 0.5) is 0 Å². The lowest BCUT2D eigenvalue weighted by atomic mass is 10.4. The molecule has 1 aliphatic carbocycles. The van der Waals surface area contributed by atoms with Gasteiger partial charge >= 0.3 is 5.97 Å². The first-order chi connectivity index (χ1) is 3.80. The summed E-state index contributed by atoms with van der Waals surface area (Å²) < 4.78 is 5.33. The van der Waals surface area contributed by atoms with Crippen molar-refractivity contribution in [1.82, 2.24) is 0 Å². The number of hydrogen-bond acceptors (Lipinski definition) is 2. The smallest absolute Gasteiger partial charge is 0.310 e. The van der Waals surface area contributed by atoms with Gasteiger partial charge in [-0.05, 0) is 0 Å². The van der Waals surface area contributed by atoms with Crippen LogP contribution in [0.5, 0.6) is 0 Å². The van der Waals surface area contributed by atoms with Crippen molar-refractivity contribution in [3.05, 3.63) is 0 Å². The minimum atomic E-state index is 0.0226. The Morgan fingerprint density at radius 3 is 2.75 bits per heavy atom. The van der Waals surface area contributed by atoms with Gasteiger partial charge in [0, 0.05) is 9.84 Å². The minimum Gasteiger partial charge on any atom is -0.465 e. The molecule has 0 radical (unpaired) electrons. The van der Waals surface area contributed by atoms with Gasteiger partial charge < -0.3 is 4.74 Å². The zero-order chi connectivity index (χ0) is 5.72. The summed E-state index contributed by atoms with van der Waals surface area (Å²) in [6.45, 7) is 0.678. The van der Waals surface area contributed by atoms with Crippen molar-refractivity contribution in [2.45, 2.75) is 3.92 Å². The van der Waals surface area contributed by atoms with Gasteiger partial charge in [-0.15, -0.1) is 0 Å². The van der Waals surface area contributed by atoms with Gasteiger partial charge in [0.05, 0.1) is 12.5 Å². The molecular formula is C5H5IO2. The fourth-order valence-electron chi connectivity index (χ4n) is 1.11. The molecule has 0 bridgehead atoms. The van der Waals surface area contributed by atoms with Gasteiger partial charge in [-0.1, -0.05) is 22.6 Å². The van der Waals surface area contributed by atoms with Crippen molar-refractivity contribution in [1.29, 1.82) is 0 Å². The molecule has 0 amide bonds. The highest BCUT2D eigenvalue weighted by Gasteiger charge is 2.59. The van der Waals surface area contributed by atoms with Crippen molar-refractivity contribution < 1.29 is 9.53 Å². The third kappa shape index (κ3) is 0.455. The molecule has 2 aliphatic rings. The first-order valence-electron chi connectivity index (χ1n) is 2.61. The third-order valence-electron chi connectivity index (χ3n) is 1.76. The lowest BCUT2D eigenvalue weighted by Crippen LogP contribution is -2.03. The van der Waals surface area contributed by atoms with E-state index in [4.69, 9.17) is 4.74 Å². The SMILES string of the molecule is O=C1OC[C@H]2[C@@H](I)[C@@H]12. The highest BCUT2D eigenvalue weighted by atomic mass is 127. The maximum atomic E-state index is 10.6. The van der Waals surface area contributed by atoms with Crippen LogP contribution in [-0.2, 0) is 9.53 Å². The first kappa shape index (κ1) is 5.02. The Hall–Kier alpha value is 0.200. The molecule has 0 unspecified atom stereocenters. The van der Waals surface area contributed by atoms with Crippen molar-refractivity contribution in [2.75, 3.05) is 6.61 Å². The van der Waals surface area contributed by atoms with Gasteiger partial charge in [0.25, 0.3) is 0 Å². The summed E-state index contributed by atoms with van der Waals surface area (Å²) in [5.41, 5.74) is 0. The highest BCUT2D eigenvalue weighted by molar-refractivity contribution is 14.1. The van der Waals surface area contributed by atoms with Gasteiger partial charge in [-0.2, -0.15) is 0 Å². The van der Waals surface area contributed by atoms with Crippen LogP contribution in [0.25, 0.3) is 0 Å². The average molecular weight is 224 g/mol. The van der Waals surface area contributed by atoms with Crippen molar-refractivity contribution in [3.8, 4) is 0 Å². The van der Waals surface area contributed by atoms with E-state index in [9.17, 15) is 4.79 Å². The Morgan fingerprint density at radius 2 is 2.50 bits per heavy atom. The number of alkyl halides is 1. The van der Waals surface area contributed by atoms with Crippen LogP contribution in [0.2, 0.25) is 0 Å². The van der Waals surface area contributed by atoms with Gasteiger partial charge in [0.15, 0.2) is 0 Å². The number of carbonyl (C=O) groups excluding carboxylic acids is 1. The molecule has 1 heterocycles. The van der Waals surface area contributed by atoms with Gasteiger partial charge in [0.1, 0.15) is 0 Å². The lowest BCUT2D eigenvalue weighted by molar-refractivity contribution is -0.140. The zero-order valence-corrected chi connectivity index (χ0v) is 6.29. The summed E-state index contributed by atoms with van der Waals surface area (Å²) in [5, 5.41) is 0. The molecule has 8 heavy (non-hydrogen) atoms. The molecular weight excluding hydrogens is 219 g/mol. The molecule has 1 saturated carbocycles. The molecule has 2 rings (SSSR count). The Balaban J connectivity index is 2.18. The van der Waals surface area contributed by atoms with E-state index in [1.807, 2.05) is 0 Å². The summed E-state index contributed by atoms with van der Waals surface area (Å²) in [4.78, 5) is 10.6. The second kappa shape index (κ2) is 1.37. The predicted octanol–water partition coefficient (Wildman–Crippen LogP) is 0.593. The average Bonchev–Trinajstić information content (AvgIpc) is 2.13. The van der Waals surface area contributed by atoms with Gasteiger partial charge in [0.2, 0.25) is 0 Å². The normalized spacial score (nSPS) is 50.6. The van der Waals surface area contributed by atoms with E-state index in [1.54, 1.807) is 0 Å². The van der Waals surface area contributed by atoms with E-state index in [0.717, 1.165) is 0 Å². The maximum Gasteiger partial charge on any atom is 0.310 e. The fourth-order valence-corrected chi connectivity index (χ4v) is 2.35. The molecule has 0 N–H and O–H groups in total. The number of halogens is 1. The molecule has 0 spiro atoms. The largest absolute Gasteiger partial charge is 0.465 e. The highest BCUT2D eigenvalue weighted by Crippen LogP contribution is 2.50. The summed E-state index contributed by atoms with van der Waals surface area (Å²) in [7, 11) is 0. The Morgan fingerprint density at radius 1 is 1.75 bits per heavy atom. The predicted molar refractivity (Wildman–Crippen MR) is 35.7 cm³/mol. The standard InChI is InChI=1S/C5H5IO2/c6-4-2-1-8-5(7)3(2)4/h2-4H,1H2/t2-,3+,4-/m1/s1. The van der Waals surface area contributed by atoms with Crippen LogP contribution in [-0.4, -0.2) is 16.5 Å². The second-order valence-electron chi connectivity index (χ2n) is 2.26. The van der Waals surface area contributed by atoms with E-state index >= 15 is 0 Å². The van der Waals surface area contributed by atoms with Crippen LogP contribution in [0.3, 0.4) is 0 Å². The minimum absolute atomic E-state index is 0.0226. The first-order valence-corrected chi connectivity index (χ1v) is 3.86. The fraction of sp³-hybridized carbons (Fsp3) is 0.800. The number of hydrogen-bond donors (Lipinski definition) is 0. The molecule has 44 valence electrons. The van der Waals surface area contributed by atoms with Gasteiger partial charge in [-0.3, -0.25) is 4.79 Å². The summed E-state index contributed by atoms with van der Waals surface area (Å²) in [6, 6.07) is 0. The van der Waals surface area contributed by atoms with E-state index in [-0.39, 0.29) is 11.9 Å². The van der Waals surface area contributed by atoms with Crippen LogP contribution < -0.4 is 0 Å². The number of esters is 1. The molecule has 0 aromatic heterocycles. The number of rotatable bonds is 0. The molecule has 3 atom stereocenters. The number of fused-ring (bicyclic) bond motifs is 1. The molecule has 0 aromatic rings. The molecule has 3 heteroatoms. The molecule has 1 aliphatic heterocycles. The number of ether oxygens (including phenoxy) is 1. The maximum absolute atomic E-state index is 10.6. The molecule has 0 aromatic carbocycles. The topological polar surface area (TPSA) is 26.3 Å². The monoisotopic (exact) mass is 224 g/mol. The Kier molecular flexibility index (Phi) is 0.862. The van der Waals surface area contributed by atoms with Crippen molar-refractivity contribution >= 4 is 28.6 Å². The van der Waals surface area contributed by atoms with Crippen LogP contribution in [0.15, 0.2) is 0 Å². The molecule has 2 nitrogen and oxygen atoms in total. The summed E-state index contributed by atoms with van der Waals surface area (Å²) >= 11 is 2.31. The van der Waals surface area contributed by atoms with E-state index in [1.165, 1.54) is 0 Å². The number of carbonyl (C=O) groups is 1. The van der Waals surface area contributed by atoms with Crippen molar-refractivity contribution in [3.63, 3.8) is 0 Å². The quantitative estimate of drug-likeness (QED) is 0.342. The molecule has 2 fully saturated rings. The zero-order valence-electron chi connectivity index (χ0n) is 4.13. The second-order valence-corrected chi connectivity index (χ2v) is 3.70. The van der Waals surface area contributed by atoms with E-state index < -0.39 is 0 Å². The van der Waals surface area contributed by atoms with E-state index in [2.05, 4.69) is 22.6 Å².